The molecule has 0 N–H and O–H groups in total. The molecule has 0 saturated heterocycles. The molecule has 1 aliphatic heterocycles. The Morgan fingerprint density at radius 1 is 1.11 bits per heavy atom. The molecule has 0 unspecified atom stereocenters. The van der Waals surface area contributed by atoms with E-state index in [4.69, 9.17) is 9.15 Å². The van der Waals surface area contributed by atoms with Gasteiger partial charge in [0.2, 0.25) is 0 Å². The van der Waals surface area contributed by atoms with Crippen LogP contribution < -0.4 is 10.4 Å². The number of fused-ring (bicyclic) bond motifs is 2. The zero-order valence-electron chi connectivity index (χ0n) is 15.2. The number of esters is 1. The largest absolute Gasteiger partial charge is 0.426 e. The fourth-order valence-electron chi connectivity index (χ4n) is 3.33. The summed E-state index contributed by atoms with van der Waals surface area (Å²) in [5, 5.41) is 0.774. The maximum absolute atomic E-state index is 12.5. The molecule has 2 heterocycles. The van der Waals surface area contributed by atoms with E-state index in [1.165, 1.54) is 17.0 Å². The normalized spacial score (nSPS) is 13.1. The first-order chi connectivity index (χ1) is 13.4. The van der Waals surface area contributed by atoms with Gasteiger partial charge in [0, 0.05) is 40.9 Å². The zero-order valence-corrected chi connectivity index (χ0v) is 15.2. The van der Waals surface area contributed by atoms with Crippen LogP contribution in [0.2, 0.25) is 0 Å². The molecule has 28 heavy (non-hydrogen) atoms. The number of hydrogen-bond donors (Lipinski definition) is 0. The summed E-state index contributed by atoms with van der Waals surface area (Å²) in [6, 6.07) is 13.5. The Labute approximate surface area is 160 Å². The topological polar surface area (TPSA) is 76.8 Å². The zero-order chi connectivity index (χ0) is 19.8. The van der Waals surface area contributed by atoms with Crippen molar-refractivity contribution in [1.29, 1.82) is 0 Å². The quantitative estimate of drug-likeness (QED) is 0.396. The van der Waals surface area contributed by atoms with Crippen molar-refractivity contribution in [2.24, 2.45) is 0 Å². The lowest BCUT2D eigenvalue weighted by atomic mass is 10.1. The van der Waals surface area contributed by atoms with E-state index < -0.39 is 11.6 Å². The standard InChI is InChI=1S/C22H17NO5/c1-13-11-21(25)28-19-12-15(7-8-16(13)19)27-20(24)9-10-23-14(2)17-5-3-4-6-18(17)22(23)26/h3-8,11-12H,2,9-10H2,1H3. The first kappa shape index (κ1) is 17.7. The van der Waals surface area contributed by atoms with Gasteiger partial charge in [0.05, 0.1) is 6.42 Å². The maximum atomic E-state index is 12.5. The van der Waals surface area contributed by atoms with Gasteiger partial charge in [-0.1, -0.05) is 24.8 Å². The first-order valence-electron chi connectivity index (χ1n) is 8.79. The van der Waals surface area contributed by atoms with E-state index in [2.05, 4.69) is 6.58 Å². The van der Waals surface area contributed by atoms with Crippen LogP contribution in [0.3, 0.4) is 0 Å². The van der Waals surface area contributed by atoms with Crippen LogP contribution in [0.5, 0.6) is 5.75 Å². The summed E-state index contributed by atoms with van der Waals surface area (Å²) in [4.78, 5) is 37.7. The number of rotatable bonds is 4. The van der Waals surface area contributed by atoms with Crippen molar-refractivity contribution < 1.29 is 18.7 Å². The monoisotopic (exact) mass is 375 g/mol. The SMILES string of the molecule is C=C1c2ccccc2C(=O)N1CCC(=O)Oc1ccc2c(C)cc(=O)oc2c1. The molecule has 0 aliphatic carbocycles. The van der Waals surface area contributed by atoms with Crippen LogP contribution in [0, 0.1) is 6.92 Å². The third-order valence-corrected chi connectivity index (χ3v) is 4.73. The molecule has 2 aromatic carbocycles. The molecule has 0 radical (unpaired) electrons. The molecule has 0 atom stereocenters. The second-order valence-electron chi connectivity index (χ2n) is 6.58. The molecular formula is C22H17NO5. The predicted molar refractivity (Wildman–Crippen MR) is 104 cm³/mol. The highest BCUT2D eigenvalue weighted by Gasteiger charge is 2.30. The molecular weight excluding hydrogens is 358 g/mol. The number of carbonyl (C=O) groups is 2. The number of amides is 1. The van der Waals surface area contributed by atoms with Gasteiger partial charge in [-0.2, -0.15) is 0 Å². The highest BCUT2D eigenvalue weighted by atomic mass is 16.5. The molecule has 0 saturated carbocycles. The van der Waals surface area contributed by atoms with Gasteiger partial charge < -0.3 is 14.1 Å². The number of ether oxygens (including phenoxy) is 1. The Morgan fingerprint density at radius 3 is 2.61 bits per heavy atom. The van der Waals surface area contributed by atoms with Crippen LogP contribution in [0.1, 0.15) is 27.9 Å². The average molecular weight is 375 g/mol. The van der Waals surface area contributed by atoms with Crippen molar-refractivity contribution in [3.8, 4) is 5.75 Å². The molecule has 0 bridgehead atoms. The van der Waals surface area contributed by atoms with E-state index in [1.54, 1.807) is 24.3 Å². The van der Waals surface area contributed by atoms with Gasteiger partial charge in [0.25, 0.3) is 5.91 Å². The Balaban J connectivity index is 1.44. The lowest BCUT2D eigenvalue weighted by Crippen LogP contribution is -2.26. The van der Waals surface area contributed by atoms with Crippen molar-refractivity contribution in [2.75, 3.05) is 6.54 Å². The summed E-state index contributed by atoms with van der Waals surface area (Å²) in [6.07, 6.45) is 0.00848. The van der Waals surface area contributed by atoms with Gasteiger partial charge in [-0.15, -0.1) is 0 Å². The van der Waals surface area contributed by atoms with Crippen LogP contribution >= 0.6 is 0 Å². The van der Waals surface area contributed by atoms with Gasteiger partial charge >= 0.3 is 11.6 Å². The van der Waals surface area contributed by atoms with E-state index >= 15 is 0 Å². The fourth-order valence-corrected chi connectivity index (χ4v) is 3.33. The minimum Gasteiger partial charge on any atom is -0.426 e. The lowest BCUT2D eigenvalue weighted by Gasteiger charge is -2.16. The van der Waals surface area contributed by atoms with Crippen LogP contribution in [0.4, 0.5) is 0 Å². The predicted octanol–water partition coefficient (Wildman–Crippen LogP) is 3.52. The Kier molecular flexibility index (Phi) is 4.31. The van der Waals surface area contributed by atoms with Crippen molar-refractivity contribution in [1.82, 2.24) is 4.90 Å². The average Bonchev–Trinajstić information content (AvgIpc) is 2.90. The van der Waals surface area contributed by atoms with Crippen molar-refractivity contribution in [3.63, 3.8) is 0 Å². The first-order valence-corrected chi connectivity index (χ1v) is 8.79. The molecule has 0 spiro atoms. The lowest BCUT2D eigenvalue weighted by molar-refractivity contribution is -0.134. The van der Waals surface area contributed by atoms with Crippen molar-refractivity contribution >= 4 is 28.5 Å². The highest BCUT2D eigenvalue weighted by Crippen LogP contribution is 2.31. The summed E-state index contributed by atoms with van der Waals surface area (Å²) < 4.78 is 10.5. The summed E-state index contributed by atoms with van der Waals surface area (Å²) in [5.74, 6) is -0.386. The molecule has 1 amide bonds. The fraction of sp³-hybridized carbons (Fsp3) is 0.136. The summed E-state index contributed by atoms with van der Waals surface area (Å²) in [7, 11) is 0. The third-order valence-electron chi connectivity index (χ3n) is 4.73. The van der Waals surface area contributed by atoms with E-state index in [0.717, 1.165) is 16.5 Å². The summed E-state index contributed by atoms with van der Waals surface area (Å²) in [5.41, 5.74) is 2.63. The smallest absolute Gasteiger partial charge is 0.336 e. The highest BCUT2D eigenvalue weighted by molar-refractivity contribution is 6.08. The molecule has 6 nitrogen and oxygen atoms in total. The molecule has 1 aromatic heterocycles. The number of carbonyl (C=O) groups excluding carboxylic acids is 2. The second-order valence-corrected chi connectivity index (χ2v) is 6.58. The third kappa shape index (κ3) is 3.09. The Hall–Kier alpha value is -3.67. The molecule has 1 aliphatic rings. The molecule has 140 valence electrons. The van der Waals surface area contributed by atoms with E-state index in [0.29, 0.717) is 16.8 Å². The van der Waals surface area contributed by atoms with E-state index in [1.807, 2.05) is 19.1 Å². The Bertz CT molecular complexity index is 1160. The van der Waals surface area contributed by atoms with Crippen LogP contribution in [0.15, 0.2) is 64.3 Å². The number of benzene rings is 2. The van der Waals surface area contributed by atoms with Gasteiger partial charge in [-0.25, -0.2) is 4.79 Å². The van der Waals surface area contributed by atoms with Crippen LogP contribution in [-0.4, -0.2) is 23.3 Å². The summed E-state index contributed by atoms with van der Waals surface area (Å²) >= 11 is 0. The van der Waals surface area contributed by atoms with Crippen LogP contribution in [-0.2, 0) is 4.79 Å². The van der Waals surface area contributed by atoms with E-state index in [9.17, 15) is 14.4 Å². The van der Waals surface area contributed by atoms with Gasteiger partial charge in [-0.3, -0.25) is 9.59 Å². The van der Waals surface area contributed by atoms with Gasteiger partial charge in [0.15, 0.2) is 0 Å². The van der Waals surface area contributed by atoms with Gasteiger partial charge in [0.1, 0.15) is 11.3 Å². The minimum absolute atomic E-state index is 0.00848. The maximum Gasteiger partial charge on any atom is 0.336 e. The van der Waals surface area contributed by atoms with Crippen molar-refractivity contribution in [2.45, 2.75) is 13.3 Å². The number of nitrogens with zero attached hydrogens (tertiary/aromatic N) is 1. The number of aryl methyl sites for hydroxylation is 1. The minimum atomic E-state index is -0.495. The second kappa shape index (κ2) is 6.81. The number of hydrogen-bond acceptors (Lipinski definition) is 5. The molecule has 0 fully saturated rings. The molecule has 3 aromatic rings. The van der Waals surface area contributed by atoms with Gasteiger partial charge in [-0.05, 0) is 30.7 Å². The van der Waals surface area contributed by atoms with Crippen LogP contribution in [0.25, 0.3) is 16.7 Å². The molecule has 6 heteroatoms. The Morgan fingerprint density at radius 2 is 1.86 bits per heavy atom. The van der Waals surface area contributed by atoms with E-state index in [-0.39, 0.29) is 24.6 Å². The van der Waals surface area contributed by atoms with Crippen molar-refractivity contribution in [3.05, 3.63) is 82.2 Å². The summed E-state index contributed by atoms with van der Waals surface area (Å²) in [6.45, 7) is 5.93. The molecule has 4 rings (SSSR count).